The summed E-state index contributed by atoms with van der Waals surface area (Å²) in [6.07, 6.45) is 7.63. The first kappa shape index (κ1) is 40.4. The van der Waals surface area contributed by atoms with Gasteiger partial charge in [-0.15, -0.1) is 0 Å². The third-order valence-electron chi connectivity index (χ3n) is 8.09. The molecule has 0 saturated heterocycles. The number of hydrogen-bond acceptors (Lipinski definition) is 6. The molecule has 1 fully saturated rings. The first-order valence-corrected chi connectivity index (χ1v) is 15.9. The number of carbonyl (C=O) groups excluding carboxylic acids is 1. The summed E-state index contributed by atoms with van der Waals surface area (Å²) in [4.78, 5) is 18.8. The minimum absolute atomic E-state index is 0. The second-order valence-electron chi connectivity index (χ2n) is 16.4. The van der Waals surface area contributed by atoms with Gasteiger partial charge in [0, 0.05) is 18.4 Å². The van der Waals surface area contributed by atoms with E-state index >= 15 is 0 Å². The van der Waals surface area contributed by atoms with E-state index in [0.29, 0.717) is 11.1 Å². The molecule has 2 aromatic rings. The smallest absolute Gasteiger partial charge is 0.872 e. The van der Waals surface area contributed by atoms with Crippen LogP contribution in [0.5, 0.6) is 11.5 Å². The summed E-state index contributed by atoms with van der Waals surface area (Å²) < 4.78 is 0. The molecule has 0 spiro atoms. The average Bonchev–Trinajstić information content (AvgIpc) is 2.84. The van der Waals surface area contributed by atoms with Crippen molar-refractivity contribution in [3.8, 4) is 11.5 Å². The molecule has 0 aromatic heterocycles. The van der Waals surface area contributed by atoms with E-state index < -0.39 is 5.97 Å². The van der Waals surface area contributed by atoms with Crippen molar-refractivity contribution in [1.82, 2.24) is 0 Å². The second-order valence-corrected chi connectivity index (χ2v) is 16.4. The predicted octanol–water partition coefficient (Wildman–Crippen LogP) is 6.63. The van der Waals surface area contributed by atoms with Gasteiger partial charge in [-0.2, -0.15) is 0 Å². The number of benzene rings is 2. The molecule has 0 radical (unpaired) electrons. The number of carboxylic acids is 1. The number of aliphatic carboxylic acids is 1. The SMILES string of the molecule is CC(=O)[O-].CC(C)(C)c1cc(C=N[C@H]2CCCC[C@@H]2N=Cc2cc(C(C)(C)C)cc(C(C)(C)C)c2[O-])c([O-])c(C(C)(C)C)c1.[Co+3]. The monoisotopic (exact) mass is 662 g/mol. The molecule has 2 aromatic carbocycles. The van der Waals surface area contributed by atoms with Gasteiger partial charge in [0.2, 0.25) is 0 Å². The standard InChI is InChI=1S/C36H54N2O2.C2H4O2.Co/c1-33(2,3)25-17-23(31(39)27(19-25)35(7,8)9)21-37-29-15-13-14-16-30(29)38-22-24-18-26(34(4,5)6)20-28(32(24)40)36(10,11)12;1-2(3)4;/h17-22,29-30,39-40H,13-16H2,1-12H3;1H3,(H,3,4);/q;;+3/p-3/t29-,30-;;/m0../s1. The Balaban J connectivity index is 0.00000191. The fourth-order valence-electron chi connectivity index (χ4n) is 5.27. The topological polar surface area (TPSA) is 111 Å². The van der Waals surface area contributed by atoms with Crippen LogP contribution in [0.2, 0.25) is 0 Å². The Morgan fingerprint density at radius 2 is 0.933 bits per heavy atom. The number of carboxylic acid groups (broad SMARTS) is 1. The van der Waals surface area contributed by atoms with Crippen LogP contribution in [0.1, 0.15) is 149 Å². The van der Waals surface area contributed by atoms with Gasteiger partial charge in [-0.05, 0) is 74.8 Å². The Kier molecular flexibility index (Phi) is 13.7. The molecular weight excluding hydrogens is 607 g/mol. The molecule has 45 heavy (non-hydrogen) atoms. The van der Waals surface area contributed by atoms with Crippen molar-refractivity contribution in [2.75, 3.05) is 0 Å². The van der Waals surface area contributed by atoms with Gasteiger partial charge < -0.3 is 20.1 Å². The molecule has 0 bridgehead atoms. The van der Waals surface area contributed by atoms with Crippen LogP contribution in [0.15, 0.2) is 34.3 Å². The van der Waals surface area contributed by atoms with E-state index in [1.54, 1.807) is 12.4 Å². The van der Waals surface area contributed by atoms with Gasteiger partial charge in [-0.3, -0.25) is 9.98 Å². The van der Waals surface area contributed by atoms with E-state index in [1.807, 2.05) is 12.1 Å². The molecule has 1 saturated carbocycles. The fraction of sp³-hybridized carbons (Fsp3) is 0.605. The van der Waals surface area contributed by atoms with E-state index in [4.69, 9.17) is 19.9 Å². The molecular formula is C38H55CoN2O4. The van der Waals surface area contributed by atoms with Crippen molar-refractivity contribution in [3.63, 3.8) is 0 Å². The average molecular weight is 663 g/mol. The van der Waals surface area contributed by atoms with Crippen molar-refractivity contribution in [2.45, 2.75) is 149 Å². The zero-order chi connectivity index (χ0) is 33.8. The Morgan fingerprint density at radius 1 is 0.644 bits per heavy atom. The summed E-state index contributed by atoms with van der Waals surface area (Å²) in [7, 11) is 0. The van der Waals surface area contributed by atoms with Gasteiger partial charge in [0.25, 0.3) is 0 Å². The Bertz CT molecular complexity index is 1260. The van der Waals surface area contributed by atoms with Gasteiger partial charge in [0.15, 0.2) is 0 Å². The van der Waals surface area contributed by atoms with E-state index in [2.05, 4.69) is 95.2 Å². The van der Waals surface area contributed by atoms with Gasteiger partial charge in [0.1, 0.15) is 0 Å². The van der Waals surface area contributed by atoms with E-state index in [-0.39, 0.29) is 62.0 Å². The molecule has 6 nitrogen and oxygen atoms in total. The van der Waals surface area contributed by atoms with Crippen LogP contribution in [0.4, 0.5) is 0 Å². The number of carbonyl (C=O) groups is 1. The third kappa shape index (κ3) is 11.6. The fourth-order valence-corrected chi connectivity index (χ4v) is 5.27. The van der Waals surface area contributed by atoms with Crippen molar-refractivity contribution in [3.05, 3.63) is 57.6 Å². The molecule has 0 amide bonds. The van der Waals surface area contributed by atoms with Crippen LogP contribution in [-0.2, 0) is 43.2 Å². The van der Waals surface area contributed by atoms with Crippen molar-refractivity contribution in [1.29, 1.82) is 0 Å². The zero-order valence-corrected chi connectivity index (χ0v) is 30.8. The minimum Gasteiger partial charge on any atom is -0.872 e. The van der Waals surface area contributed by atoms with Crippen LogP contribution < -0.4 is 15.3 Å². The molecule has 0 N–H and O–H groups in total. The number of rotatable bonds is 4. The van der Waals surface area contributed by atoms with Crippen LogP contribution in [0.25, 0.3) is 0 Å². The summed E-state index contributed by atoms with van der Waals surface area (Å²) >= 11 is 0. The molecule has 1 aliphatic carbocycles. The Labute approximate surface area is 283 Å². The van der Waals surface area contributed by atoms with Crippen LogP contribution >= 0.6 is 0 Å². The number of nitrogens with zero attached hydrogens (tertiary/aromatic N) is 2. The van der Waals surface area contributed by atoms with E-state index in [0.717, 1.165) is 54.9 Å². The molecule has 3 rings (SSSR count). The third-order valence-corrected chi connectivity index (χ3v) is 8.09. The summed E-state index contributed by atoms with van der Waals surface area (Å²) in [5.41, 5.74) is 4.62. The molecule has 250 valence electrons. The van der Waals surface area contributed by atoms with Crippen molar-refractivity contribution < 1.29 is 36.9 Å². The van der Waals surface area contributed by atoms with E-state index in [9.17, 15) is 10.2 Å². The van der Waals surface area contributed by atoms with Crippen molar-refractivity contribution in [2.24, 2.45) is 9.98 Å². The number of hydrogen-bond donors (Lipinski definition) is 0. The zero-order valence-electron chi connectivity index (χ0n) is 29.8. The minimum atomic E-state index is -1.08. The molecule has 2 atom stereocenters. The van der Waals surface area contributed by atoms with Gasteiger partial charge in [0.05, 0.1) is 12.1 Å². The van der Waals surface area contributed by atoms with Gasteiger partial charge >= 0.3 is 16.8 Å². The van der Waals surface area contributed by atoms with Crippen LogP contribution in [0.3, 0.4) is 0 Å². The molecule has 7 heteroatoms. The van der Waals surface area contributed by atoms with Crippen LogP contribution in [-0.4, -0.2) is 30.5 Å². The normalized spacial score (nSPS) is 18.0. The summed E-state index contributed by atoms with van der Waals surface area (Å²) in [5.74, 6) is -0.963. The summed E-state index contributed by atoms with van der Waals surface area (Å²) in [6, 6.07) is 8.15. The maximum Gasteiger partial charge on any atom is 3.00 e. The predicted molar refractivity (Wildman–Crippen MR) is 178 cm³/mol. The molecule has 1 aliphatic rings. The molecule has 0 unspecified atom stereocenters. The first-order chi connectivity index (χ1) is 19.9. The largest absolute Gasteiger partial charge is 3.00 e. The molecule has 0 aliphatic heterocycles. The van der Waals surface area contributed by atoms with Gasteiger partial charge in [-0.25, -0.2) is 0 Å². The summed E-state index contributed by atoms with van der Waals surface area (Å²) in [5, 5.41) is 35.8. The Hall–Kier alpha value is -2.64. The second kappa shape index (κ2) is 15.3. The first-order valence-electron chi connectivity index (χ1n) is 15.9. The van der Waals surface area contributed by atoms with Gasteiger partial charge in [-0.1, -0.05) is 132 Å². The van der Waals surface area contributed by atoms with Crippen LogP contribution in [0, 0.1) is 0 Å². The maximum absolute atomic E-state index is 13.5. The quantitative estimate of drug-likeness (QED) is 0.343. The Morgan fingerprint density at radius 3 is 1.18 bits per heavy atom. The molecule has 0 heterocycles. The van der Waals surface area contributed by atoms with E-state index in [1.165, 1.54) is 0 Å². The van der Waals surface area contributed by atoms with Crippen molar-refractivity contribution >= 4 is 18.4 Å². The summed E-state index contributed by atoms with van der Waals surface area (Å²) in [6.45, 7) is 26.6. The number of aliphatic imine (C=N–C) groups is 2. The maximum atomic E-state index is 13.5.